The second-order valence-electron chi connectivity index (χ2n) is 6.74. The molecule has 1 aliphatic heterocycles. The van der Waals surface area contributed by atoms with Crippen molar-refractivity contribution in [2.24, 2.45) is 5.92 Å². The second kappa shape index (κ2) is 8.67. The lowest BCUT2D eigenvalue weighted by atomic mass is 9.88. The molecule has 0 aliphatic carbocycles. The predicted octanol–water partition coefficient (Wildman–Crippen LogP) is 4.98. The minimum Gasteiger partial charge on any atom is -0.439 e. The van der Waals surface area contributed by atoms with Crippen molar-refractivity contribution in [2.45, 2.75) is 18.9 Å². The Kier molecular flexibility index (Phi) is 5.64. The van der Waals surface area contributed by atoms with Gasteiger partial charge >= 0.3 is 0 Å². The number of ether oxygens (including phenoxy) is 2. The fourth-order valence-corrected chi connectivity index (χ4v) is 3.41. The summed E-state index contributed by atoms with van der Waals surface area (Å²) in [6.07, 6.45) is 3.07. The van der Waals surface area contributed by atoms with Crippen molar-refractivity contribution in [3.8, 4) is 11.6 Å². The maximum Gasteiger partial charge on any atom is 0.230 e. The van der Waals surface area contributed by atoms with E-state index in [0.29, 0.717) is 23.9 Å². The van der Waals surface area contributed by atoms with E-state index < -0.39 is 0 Å². The van der Waals surface area contributed by atoms with Crippen molar-refractivity contribution in [1.82, 2.24) is 4.98 Å². The first kappa shape index (κ1) is 18.2. The van der Waals surface area contributed by atoms with Gasteiger partial charge in [0.1, 0.15) is 5.75 Å². The molecule has 1 amide bonds. The van der Waals surface area contributed by atoms with E-state index in [-0.39, 0.29) is 17.9 Å². The van der Waals surface area contributed by atoms with E-state index >= 15 is 0 Å². The molecule has 2 aromatic carbocycles. The van der Waals surface area contributed by atoms with Crippen molar-refractivity contribution in [3.05, 3.63) is 84.6 Å². The molecule has 1 saturated heterocycles. The highest BCUT2D eigenvalue weighted by Crippen LogP contribution is 2.34. The summed E-state index contributed by atoms with van der Waals surface area (Å²) in [7, 11) is 0. The molecule has 3 aromatic rings. The summed E-state index contributed by atoms with van der Waals surface area (Å²) in [6, 6.07) is 22.8. The van der Waals surface area contributed by atoms with E-state index in [9.17, 15) is 4.79 Å². The molecule has 1 N–H and O–H groups in total. The van der Waals surface area contributed by atoms with Crippen LogP contribution < -0.4 is 10.1 Å². The number of carbonyl (C=O) groups is 1. The summed E-state index contributed by atoms with van der Waals surface area (Å²) in [6.45, 7) is 0.674. The molecule has 2 unspecified atom stereocenters. The van der Waals surface area contributed by atoms with Crippen LogP contribution in [0.25, 0.3) is 0 Å². The summed E-state index contributed by atoms with van der Waals surface area (Å²) >= 11 is 0. The zero-order valence-corrected chi connectivity index (χ0v) is 15.5. The number of para-hydroxylation sites is 1. The molecule has 2 atom stereocenters. The van der Waals surface area contributed by atoms with Gasteiger partial charge in [0.25, 0.3) is 0 Å². The topological polar surface area (TPSA) is 60.5 Å². The van der Waals surface area contributed by atoms with E-state index in [2.05, 4.69) is 10.3 Å². The number of aromatic nitrogens is 1. The van der Waals surface area contributed by atoms with Crippen LogP contribution in [0.4, 0.5) is 5.69 Å². The summed E-state index contributed by atoms with van der Waals surface area (Å²) in [5, 5.41) is 3.00. The molecule has 0 bridgehead atoms. The molecular formula is C23H22N2O3. The Bertz CT molecular complexity index is 915. The standard InChI is InChI=1S/C23H22N2O3/c26-23(20-12-7-15-27-22(20)17-8-3-1-4-9-17)25-18-13-14-24-21(16-18)28-19-10-5-2-6-11-19/h1-6,8-11,13-14,16,20,22H,7,12,15H2,(H,24,25,26). The smallest absolute Gasteiger partial charge is 0.230 e. The first-order chi connectivity index (χ1) is 13.8. The number of pyridine rings is 1. The number of amides is 1. The lowest BCUT2D eigenvalue weighted by Gasteiger charge is -2.31. The molecule has 4 rings (SSSR count). The zero-order chi connectivity index (χ0) is 19.2. The maximum absolute atomic E-state index is 13.0. The van der Waals surface area contributed by atoms with Crippen LogP contribution in [0.5, 0.6) is 11.6 Å². The number of nitrogens with one attached hydrogen (secondary N) is 1. The molecule has 0 spiro atoms. The van der Waals surface area contributed by atoms with Gasteiger partial charge in [0.2, 0.25) is 11.8 Å². The average molecular weight is 374 g/mol. The highest BCUT2D eigenvalue weighted by molar-refractivity contribution is 5.93. The Hall–Kier alpha value is -3.18. The van der Waals surface area contributed by atoms with Gasteiger partial charge in [0.15, 0.2) is 0 Å². The summed E-state index contributed by atoms with van der Waals surface area (Å²) in [4.78, 5) is 17.2. The Balaban J connectivity index is 1.47. The Labute approximate surface area is 164 Å². The van der Waals surface area contributed by atoms with E-state index in [1.807, 2.05) is 60.7 Å². The van der Waals surface area contributed by atoms with Gasteiger partial charge in [-0.2, -0.15) is 0 Å². The summed E-state index contributed by atoms with van der Waals surface area (Å²) in [5.41, 5.74) is 1.69. The minimum atomic E-state index is -0.234. The van der Waals surface area contributed by atoms with Crippen LogP contribution in [-0.2, 0) is 9.53 Å². The molecule has 1 aliphatic rings. The van der Waals surface area contributed by atoms with E-state index in [1.165, 1.54) is 0 Å². The zero-order valence-electron chi connectivity index (χ0n) is 15.5. The van der Waals surface area contributed by atoms with Gasteiger partial charge in [0.05, 0.1) is 12.0 Å². The van der Waals surface area contributed by atoms with E-state index in [4.69, 9.17) is 9.47 Å². The maximum atomic E-state index is 13.0. The molecule has 28 heavy (non-hydrogen) atoms. The number of anilines is 1. The normalized spacial score (nSPS) is 19.0. The lowest BCUT2D eigenvalue weighted by Crippen LogP contribution is -2.33. The minimum absolute atomic E-state index is 0.0505. The summed E-state index contributed by atoms with van der Waals surface area (Å²) in [5.74, 6) is 0.847. The quantitative estimate of drug-likeness (QED) is 0.684. The summed E-state index contributed by atoms with van der Waals surface area (Å²) < 4.78 is 11.7. The first-order valence-electron chi connectivity index (χ1n) is 9.46. The Morgan fingerprint density at radius 1 is 1.04 bits per heavy atom. The van der Waals surface area contributed by atoms with Crippen molar-refractivity contribution in [3.63, 3.8) is 0 Å². The number of hydrogen-bond donors (Lipinski definition) is 1. The van der Waals surface area contributed by atoms with Gasteiger partial charge in [-0.15, -0.1) is 0 Å². The molecular weight excluding hydrogens is 352 g/mol. The first-order valence-corrected chi connectivity index (χ1v) is 9.46. The van der Waals surface area contributed by atoms with Crippen LogP contribution in [-0.4, -0.2) is 17.5 Å². The monoisotopic (exact) mass is 374 g/mol. The molecule has 2 heterocycles. The van der Waals surface area contributed by atoms with Crippen molar-refractivity contribution < 1.29 is 14.3 Å². The molecule has 1 aromatic heterocycles. The predicted molar refractivity (Wildman–Crippen MR) is 107 cm³/mol. The van der Waals surface area contributed by atoms with Crippen LogP contribution in [0, 0.1) is 5.92 Å². The van der Waals surface area contributed by atoms with E-state index in [0.717, 1.165) is 18.4 Å². The number of rotatable bonds is 5. The highest BCUT2D eigenvalue weighted by Gasteiger charge is 2.33. The SMILES string of the molecule is O=C(Nc1ccnc(Oc2ccccc2)c1)C1CCCOC1c1ccccc1. The van der Waals surface area contributed by atoms with Crippen LogP contribution in [0.3, 0.4) is 0 Å². The number of hydrogen-bond acceptors (Lipinski definition) is 4. The average Bonchev–Trinajstić information content (AvgIpc) is 2.75. The third-order valence-electron chi connectivity index (χ3n) is 4.76. The third-order valence-corrected chi connectivity index (χ3v) is 4.76. The van der Waals surface area contributed by atoms with Crippen LogP contribution in [0.2, 0.25) is 0 Å². The number of benzene rings is 2. The molecule has 5 heteroatoms. The lowest BCUT2D eigenvalue weighted by molar-refractivity contribution is -0.129. The third kappa shape index (κ3) is 4.38. The largest absolute Gasteiger partial charge is 0.439 e. The van der Waals surface area contributed by atoms with Gasteiger partial charge in [-0.25, -0.2) is 4.98 Å². The highest BCUT2D eigenvalue weighted by atomic mass is 16.5. The van der Waals surface area contributed by atoms with Gasteiger partial charge in [-0.3, -0.25) is 4.79 Å². The van der Waals surface area contributed by atoms with Crippen LogP contribution >= 0.6 is 0 Å². The fraction of sp³-hybridized carbons (Fsp3) is 0.217. The second-order valence-corrected chi connectivity index (χ2v) is 6.74. The Morgan fingerprint density at radius 3 is 2.57 bits per heavy atom. The molecule has 1 fully saturated rings. The van der Waals surface area contributed by atoms with Crippen LogP contribution in [0.1, 0.15) is 24.5 Å². The molecule has 0 saturated carbocycles. The Morgan fingerprint density at radius 2 is 1.79 bits per heavy atom. The van der Waals surface area contributed by atoms with Crippen LogP contribution in [0.15, 0.2) is 79.0 Å². The van der Waals surface area contributed by atoms with Crippen molar-refractivity contribution in [1.29, 1.82) is 0 Å². The molecule has 0 radical (unpaired) electrons. The number of carbonyl (C=O) groups excluding carboxylic acids is 1. The van der Waals surface area contributed by atoms with Crippen molar-refractivity contribution >= 4 is 11.6 Å². The molecule has 5 nitrogen and oxygen atoms in total. The fourth-order valence-electron chi connectivity index (χ4n) is 3.41. The van der Waals surface area contributed by atoms with Gasteiger partial charge in [-0.05, 0) is 36.6 Å². The van der Waals surface area contributed by atoms with Gasteiger partial charge in [0, 0.05) is 24.6 Å². The van der Waals surface area contributed by atoms with Gasteiger partial charge in [-0.1, -0.05) is 48.5 Å². The number of nitrogens with zero attached hydrogens (tertiary/aromatic N) is 1. The van der Waals surface area contributed by atoms with Crippen molar-refractivity contribution in [2.75, 3.05) is 11.9 Å². The molecule has 142 valence electrons. The van der Waals surface area contributed by atoms with E-state index in [1.54, 1.807) is 18.3 Å². The van der Waals surface area contributed by atoms with Gasteiger partial charge < -0.3 is 14.8 Å².